The minimum Gasteiger partial charge on any atom is -0.332 e. The van der Waals surface area contributed by atoms with Crippen LogP contribution in [0.2, 0.25) is 0 Å². The van der Waals surface area contributed by atoms with Gasteiger partial charge < -0.3 is 10.6 Å². The summed E-state index contributed by atoms with van der Waals surface area (Å²) in [5.74, 6) is 2.11. The predicted molar refractivity (Wildman–Crippen MR) is 97.1 cm³/mol. The summed E-state index contributed by atoms with van der Waals surface area (Å²) in [6, 6.07) is 6.02. The molecule has 0 heterocycles. The molecule has 0 aromatic heterocycles. The van der Waals surface area contributed by atoms with Crippen LogP contribution >= 0.6 is 0 Å². The molecule has 0 unspecified atom stereocenters. The fourth-order valence-electron chi connectivity index (χ4n) is 5.59. The molecule has 4 heteroatoms. The summed E-state index contributed by atoms with van der Waals surface area (Å²) in [6.45, 7) is 3.78. The number of benzene rings is 1. The first-order valence-electron chi connectivity index (χ1n) is 9.22. The van der Waals surface area contributed by atoms with Crippen molar-refractivity contribution < 1.29 is 9.18 Å². The van der Waals surface area contributed by atoms with Crippen molar-refractivity contribution in [2.45, 2.75) is 44.1 Å². The number of hydrogen-bond acceptors (Lipinski definition) is 1. The maximum atomic E-state index is 13.1. The summed E-state index contributed by atoms with van der Waals surface area (Å²) >= 11 is 0. The van der Waals surface area contributed by atoms with Gasteiger partial charge in [-0.3, -0.25) is 0 Å². The molecule has 0 aliphatic heterocycles. The molecular formula is C21H25FN2O. The Morgan fingerprint density at radius 2 is 1.64 bits per heavy atom. The molecule has 1 aromatic carbocycles. The Labute approximate surface area is 148 Å². The number of carbonyl (C=O) groups excluding carboxylic acids is 1. The molecule has 3 nitrogen and oxygen atoms in total. The van der Waals surface area contributed by atoms with E-state index in [0.717, 1.165) is 48.2 Å². The lowest BCUT2D eigenvalue weighted by Crippen LogP contribution is -2.61. The summed E-state index contributed by atoms with van der Waals surface area (Å²) in [7, 11) is 0. The van der Waals surface area contributed by atoms with Gasteiger partial charge in [-0.2, -0.15) is 0 Å². The second-order valence-corrected chi connectivity index (χ2v) is 8.11. The van der Waals surface area contributed by atoms with Crippen LogP contribution in [0.15, 0.2) is 43.1 Å². The van der Waals surface area contributed by atoms with Gasteiger partial charge in [0.05, 0.1) is 0 Å². The molecule has 4 saturated carbocycles. The molecule has 0 atom stereocenters. The van der Waals surface area contributed by atoms with Gasteiger partial charge in [0.2, 0.25) is 0 Å². The lowest BCUT2D eigenvalue weighted by molar-refractivity contribution is -0.0133. The van der Waals surface area contributed by atoms with Crippen molar-refractivity contribution in [2.75, 3.05) is 0 Å². The second-order valence-electron chi connectivity index (χ2n) is 8.11. The maximum Gasteiger partial charge on any atom is 0.319 e. The summed E-state index contributed by atoms with van der Waals surface area (Å²) in [5, 5.41) is 6.12. The molecular weight excluding hydrogens is 315 g/mol. The molecule has 1 aromatic rings. The van der Waals surface area contributed by atoms with Crippen LogP contribution < -0.4 is 10.6 Å². The third kappa shape index (κ3) is 3.35. The average molecular weight is 340 g/mol. The number of rotatable bonds is 4. The number of hydrogen-bond donors (Lipinski definition) is 2. The van der Waals surface area contributed by atoms with Crippen LogP contribution in [0.1, 0.15) is 44.1 Å². The molecule has 0 saturated heterocycles. The first kappa shape index (κ1) is 16.4. The normalized spacial score (nSPS) is 33.2. The predicted octanol–water partition coefficient (Wildman–Crippen LogP) is 4.62. The first-order chi connectivity index (χ1) is 12.0. The molecule has 4 bridgehead atoms. The van der Waals surface area contributed by atoms with E-state index >= 15 is 0 Å². The second kappa shape index (κ2) is 6.32. The van der Waals surface area contributed by atoms with Gasteiger partial charge in [0, 0.05) is 11.7 Å². The number of nitrogens with one attached hydrogen (secondary N) is 2. The van der Waals surface area contributed by atoms with Crippen LogP contribution in [0, 0.1) is 23.6 Å². The Kier molecular flexibility index (Phi) is 4.14. The van der Waals surface area contributed by atoms with Gasteiger partial charge in [-0.25, -0.2) is 9.18 Å². The fraction of sp³-hybridized carbons (Fsp3) is 0.476. The zero-order chi connectivity index (χ0) is 17.4. The summed E-state index contributed by atoms with van der Waals surface area (Å²) in [6.07, 6.45) is 10.8. The standard InChI is InChI=1S/C21H25FN2O/c1-2-17(18-3-5-19(22)6-4-18)13-23-20(25)24-21-10-14-7-15(11-21)9-16(8-14)12-21/h2-6,13-16H,1,7-12H2,(H2,23,24,25)/b17-13+. The van der Waals surface area contributed by atoms with Gasteiger partial charge in [0.1, 0.15) is 5.82 Å². The zero-order valence-corrected chi connectivity index (χ0v) is 14.4. The number of amides is 2. The van der Waals surface area contributed by atoms with Crippen molar-refractivity contribution in [2.24, 2.45) is 17.8 Å². The Hall–Kier alpha value is -2.10. The molecule has 132 valence electrons. The van der Waals surface area contributed by atoms with Gasteiger partial charge >= 0.3 is 6.03 Å². The van der Waals surface area contributed by atoms with Gasteiger partial charge in [0.25, 0.3) is 0 Å². The summed E-state index contributed by atoms with van der Waals surface area (Å²) in [4.78, 5) is 12.5. The van der Waals surface area contributed by atoms with Crippen molar-refractivity contribution in [3.63, 3.8) is 0 Å². The van der Waals surface area contributed by atoms with E-state index in [-0.39, 0.29) is 17.4 Å². The molecule has 0 spiro atoms. The van der Waals surface area contributed by atoms with E-state index in [9.17, 15) is 9.18 Å². The molecule has 4 aliphatic carbocycles. The third-order valence-corrected chi connectivity index (χ3v) is 6.17. The van der Waals surface area contributed by atoms with Crippen molar-refractivity contribution in [1.29, 1.82) is 0 Å². The van der Waals surface area contributed by atoms with E-state index in [4.69, 9.17) is 0 Å². The van der Waals surface area contributed by atoms with Gasteiger partial charge in [-0.05, 0) is 79.5 Å². The Morgan fingerprint density at radius 3 is 2.16 bits per heavy atom. The van der Waals surface area contributed by atoms with Crippen molar-refractivity contribution in [3.8, 4) is 0 Å². The first-order valence-corrected chi connectivity index (χ1v) is 9.22. The van der Waals surface area contributed by atoms with E-state index in [1.807, 2.05) is 0 Å². The van der Waals surface area contributed by atoms with E-state index < -0.39 is 0 Å². The van der Waals surface area contributed by atoms with Crippen LogP contribution in [0.4, 0.5) is 9.18 Å². The van der Waals surface area contributed by atoms with Crippen LogP contribution in [0.3, 0.4) is 0 Å². The van der Waals surface area contributed by atoms with Crippen LogP contribution in [0.5, 0.6) is 0 Å². The van der Waals surface area contributed by atoms with E-state index in [2.05, 4.69) is 17.2 Å². The highest BCUT2D eigenvalue weighted by molar-refractivity contribution is 5.80. The summed E-state index contributed by atoms with van der Waals surface area (Å²) < 4.78 is 13.1. The van der Waals surface area contributed by atoms with Crippen LogP contribution in [0.25, 0.3) is 5.57 Å². The Bertz CT molecular complexity index is 672. The summed E-state index contributed by atoms with van der Waals surface area (Å²) in [5.41, 5.74) is 1.59. The average Bonchev–Trinajstić information content (AvgIpc) is 2.55. The maximum absolute atomic E-state index is 13.1. The number of urea groups is 1. The number of carbonyl (C=O) groups is 1. The van der Waals surface area contributed by atoms with Crippen molar-refractivity contribution in [1.82, 2.24) is 10.6 Å². The van der Waals surface area contributed by atoms with Crippen LogP contribution in [-0.2, 0) is 0 Å². The molecule has 2 amide bonds. The molecule has 0 radical (unpaired) electrons. The van der Waals surface area contributed by atoms with Gasteiger partial charge in [-0.15, -0.1) is 0 Å². The van der Waals surface area contributed by atoms with Crippen LogP contribution in [-0.4, -0.2) is 11.6 Å². The SMILES string of the molecule is C=C/C(=C\NC(=O)NC12CC3CC(CC(C3)C1)C2)c1ccc(F)cc1. The monoisotopic (exact) mass is 340 g/mol. The van der Waals surface area contributed by atoms with Crippen molar-refractivity contribution >= 4 is 11.6 Å². The highest BCUT2D eigenvalue weighted by Crippen LogP contribution is 2.55. The van der Waals surface area contributed by atoms with Gasteiger partial charge in [0.15, 0.2) is 0 Å². The molecule has 25 heavy (non-hydrogen) atoms. The van der Waals surface area contributed by atoms with E-state index in [1.54, 1.807) is 24.4 Å². The third-order valence-electron chi connectivity index (χ3n) is 6.17. The molecule has 2 N–H and O–H groups in total. The van der Waals surface area contributed by atoms with E-state index in [0.29, 0.717) is 0 Å². The smallest absolute Gasteiger partial charge is 0.319 e. The molecule has 5 rings (SSSR count). The van der Waals surface area contributed by atoms with Gasteiger partial charge in [-0.1, -0.05) is 24.8 Å². The lowest BCUT2D eigenvalue weighted by Gasteiger charge is -2.56. The largest absolute Gasteiger partial charge is 0.332 e. The zero-order valence-electron chi connectivity index (χ0n) is 14.4. The van der Waals surface area contributed by atoms with E-state index in [1.165, 1.54) is 31.4 Å². The topological polar surface area (TPSA) is 41.1 Å². The highest BCUT2D eigenvalue weighted by atomic mass is 19.1. The minimum atomic E-state index is -0.278. The highest BCUT2D eigenvalue weighted by Gasteiger charge is 2.51. The molecule has 4 aliphatic rings. The number of halogens is 1. The number of allylic oxidation sites excluding steroid dienone is 2. The fourth-order valence-corrected chi connectivity index (χ4v) is 5.59. The minimum absolute atomic E-state index is 0.00308. The van der Waals surface area contributed by atoms with Crippen molar-refractivity contribution in [3.05, 3.63) is 54.5 Å². The Balaban J connectivity index is 1.41. The molecule has 4 fully saturated rings. The lowest BCUT2D eigenvalue weighted by atomic mass is 9.53. The Morgan fingerprint density at radius 1 is 1.08 bits per heavy atom. The quantitative estimate of drug-likeness (QED) is 0.772.